The van der Waals surface area contributed by atoms with Crippen molar-refractivity contribution in [2.75, 3.05) is 19.6 Å². The van der Waals surface area contributed by atoms with Gasteiger partial charge in [0, 0.05) is 39.1 Å². The molecule has 1 aliphatic rings. The van der Waals surface area contributed by atoms with Crippen molar-refractivity contribution in [3.63, 3.8) is 0 Å². The highest BCUT2D eigenvalue weighted by atomic mass is 35.5. The number of sulfonamides is 1. The summed E-state index contributed by atoms with van der Waals surface area (Å²) in [6.07, 6.45) is 3.56. The van der Waals surface area contributed by atoms with E-state index in [9.17, 15) is 8.42 Å². The summed E-state index contributed by atoms with van der Waals surface area (Å²) >= 11 is 0. The maximum Gasteiger partial charge on any atom is 0.244 e. The van der Waals surface area contributed by atoms with Gasteiger partial charge in [-0.15, -0.1) is 12.4 Å². The van der Waals surface area contributed by atoms with Gasteiger partial charge in [0.15, 0.2) is 0 Å². The first-order valence-electron chi connectivity index (χ1n) is 8.52. The molecule has 1 aliphatic heterocycles. The first-order valence-corrected chi connectivity index (χ1v) is 9.96. The molecule has 6 nitrogen and oxygen atoms in total. The van der Waals surface area contributed by atoms with Crippen LogP contribution >= 0.6 is 12.4 Å². The van der Waals surface area contributed by atoms with E-state index in [1.54, 1.807) is 10.5 Å². The highest BCUT2D eigenvalue weighted by Gasteiger charge is 2.38. The molecule has 26 heavy (non-hydrogen) atoms. The normalized spacial score (nSPS) is 18.6. The largest absolute Gasteiger partial charge is 0.337 e. The molecule has 0 spiro atoms. The summed E-state index contributed by atoms with van der Waals surface area (Å²) < 4.78 is 30.7. The van der Waals surface area contributed by atoms with Gasteiger partial charge < -0.3 is 9.88 Å². The number of hydrogen-bond donors (Lipinski definition) is 1. The summed E-state index contributed by atoms with van der Waals surface area (Å²) in [4.78, 5) is 4.84. The highest BCUT2D eigenvalue weighted by Crippen LogP contribution is 2.33. The number of piperazine rings is 1. The van der Waals surface area contributed by atoms with Crippen molar-refractivity contribution in [3.05, 3.63) is 46.5 Å². The number of nitrogens with one attached hydrogen (secondary N) is 1. The van der Waals surface area contributed by atoms with Crippen LogP contribution in [0.25, 0.3) is 0 Å². The molecule has 1 fully saturated rings. The first-order chi connectivity index (χ1) is 11.7. The molecule has 1 unspecified atom stereocenters. The number of benzene rings is 1. The molecule has 0 bridgehead atoms. The van der Waals surface area contributed by atoms with Crippen LogP contribution in [0.1, 0.15) is 34.1 Å². The molecule has 8 heteroatoms. The van der Waals surface area contributed by atoms with E-state index in [1.165, 1.54) is 0 Å². The number of hydrogen-bond acceptors (Lipinski definition) is 4. The van der Waals surface area contributed by atoms with Crippen molar-refractivity contribution in [3.8, 4) is 0 Å². The van der Waals surface area contributed by atoms with E-state index in [2.05, 4.69) is 16.4 Å². The van der Waals surface area contributed by atoms with Crippen molar-refractivity contribution in [2.45, 2.75) is 38.6 Å². The number of rotatable bonds is 3. The van der Waals surface area contributed by atoms with Gasteiger partial charge in [-0.1, -0.05) is 6.07 Å². The average molecular weight is 399 g/mol. The third kappa shape index (κ3) is 3.41. The van der Waals surface area contributed by atoms with Gasteiger partial charge in [-0.3, -0.25) is 0 Å². The molecule has 1 N–H and O–H groups in total. The minimum Gasteiger partial charge on any atom is -0.337 e. The molecule has 1 saturated heterocycles. The molecule has 3 rings (SSSR count). The molecule has 2 aromatic rings. The Hall–Kier alpha value is -1.41. The molecule has 0 amide bonds. The third-order valence-electron chi connectivity index (χ3n) is 5.21. The lowest BCUT2D eigenvalue weighted by Gasteiger charge is -2.35. The number of nitrogens with zero attached hydrogens (tertiary/aromatic N) is 3. The fraction of sp³-hybridized carbons (Fsp3) is 0.500. The molecule has 144 valence electrons. The maximum absolute atomic E-state index is 13.6. The number of aromatic nitrogens is 2. The van der Waals surface area contributed by atoms with E-state index in [0.29, 0.717) is 24.5 Å². The van der Waals surface area contributed by atoms with Gasteiger partial charge in [-0.05, 0) is 49.9 Å². The molecule has 0 aliphatic carbocycles. The Morgan fingerprint density at radius 1 is 1.15 bits per heavy atom. The van der Waals surface area contributed by atoms with Crippen LogP contribution in [0.5, 0.6) is 0 Å². The standard InChI is InChI=1S/C18H26N4O2S.ClH/c1-12-10-13(2)15(4)17(14(12)3)25(23,24)22-9-6-19-11-16(22)18-20-7-8-21(18)5;/h7-8,10,16,19H,6,9,11H2,1-5H3;1H. The number of imidazole rings is 1. The molecule has 1 aromatic carbocycles. The van der Waals surface area contributed by atoms with Gasteiger partial charge in [0.2, 0.25) is 10.0 Å². The Bertz CT molecular complexity index is 882. The van der Waals surface area contributed by atoms with Gasteiger partial charge in [-0.25, -0.2) is 13.4 Å². The fourth-order valence-electron chi connectivity index (χ4n) is 3.58. The lowest BCUT2D eigenvalue weighted by atomic mass is 10.0. The topological polar surface area (TPSA) is 67.2 Å². The number of halogens is 1. The average Bonchev–Trinajstić information content (AvgIpc) is 2.99. The summed E-state index contributed by atoms with van der Waals surface area (Å²) in [6, 6.07) is 1.75. The molecular weight excluding hydrogens is 372 g/mol. The Morgan fingerprint density at radius 3 is 2.31 bits per heavy atom. The molecule has 0 saturated carbocycles. The lowest BCUT2D eigenvalue weighted by Crippen LogP contribution is -2.49. The van der Waals surface area contributed by atoms with Crippen LogP contribution in [0.3, 0.4) is 0 Å². The first kappa shape index (κ1) is 20.9. The quantitative estimate of drug-likeness (QED) is 0.862. The number of aryl methyl sites for hydroxylation is 3. The van der Waals surface area contributed by atoms with Crippen LogP contribution in [0.4, 0.5) is 0 Å². The minimum absolute atomic E-state index is 0. The second kappa shape index (κ2) is 7.68. The van der Waals surface area contributed by atoms with Gasteiger partial charge in [0.1, 0.15) is 5.82 Å². The zero-order chi connectivity index (χ0) is 18.4. The predicted molar refractivity (Wildman–Crippen MR) is 105 cm³/mol. The highest BCUT2D eigenvalue weighted by molar-refractivity contribution is 7.89. The van der Waals surface area contributed by atoms with Gasteiger partial charge in [-0.2, -0.15) is 4.31 Å². The van der Waals surface area contributed by atoms with Crippen molar-refractivity contribution in [1.29, 1.82) is 0 Å². The second-order valence-electron chi connectivity index (χ2n) is 6.82. The van der Waals surface area contributed by atoms with E-state index in [0.717, 1.165) is 28.1 Å². The summed E-state index contributed by atoms with van der Waals surface area (Å²) in [5.74, 6) is 0.760. The molecule has 1 atom stereocenters. The molecule has 1 aromatic heterocycles. The van der Waals surface area contributed by atoms with E-state index in [4.69, 9.17) is 0 Å². The molecule has 2 heterocycles. The van der Waals surface area contributed by atoms with Crippen LogP contribution in [0, 0.1) is 27.7 Å². The van der Waals surface area contributed by atoms with Crippen LogP contribution in [-0.4, -0.2) is 41.9 Å². The zero-order valence-corrected chi connectivity index (χ0v) is 17.5. The van der Waals surface area contributed by atoms with Crippen molar-refractivity contribution < 1.29 is 8.42 Å². The molecule has 0 radical (unpaired) electrons. The monoisotopic (exact) mass is 398 g/mol. The van der Waals surface area contributed by atoms with E-state index < -0.39 is 10.0 Å². The van der Waals surface area contributed by atoms with E-state index in [1.807, 2.05) is 45.5 Å². The SMILES string of the molecule is Cc1cc(C)c(C)c(S(=O)(=O)N2CCNCC2c2nccn2C)c1C.Cl. The zero-order valence-electron chi connectivity index (χ0n) is 15.9. The van der Waals surface area contributed by atoms with E-state index >= 15 is 0 Å². The van der Waals surface area contributed by atoms with Gasteiger partial charge >= 0.3 is 0 Å². The van der Waals surface area contributed by atoms with Crippen molar-refractivity contribution in [2.24, 2.45) is 7.05 Å². The fourth-order valence-corrected chi connectivity index (χ4v) is 5.74. The summed E-state index contributed by atoms with van der Waals surface area (Å²) in [5, 5.41) is 3.30. The second-order valence-corrected chi connectivity index (χ2v) is 8.65. The maximum atomic E-state index is 13.6. The summed E-state index contributed by atoms with van der Waals surface area (Å²) in [5.41, 5.74) is 3.68. The summed E-state index contributed by atoms with van der Waals surface area (Å²) in [7, 11) is -1.72. The van der Waals surface area contributed by atoms with Crippen molar-refractivity contribution >= 4 is 22.4 Å². The third-order valence-corrected chi connectivity index (χ3v) is 7.40. The Balaban J connectivity index is 0.00000243. The smallest absolute Gasteiger partial charge is 0.244 e. The minimum atomic E-state index is -3.62. The van der Waals surface area contributed by atoms with Gasteiger partial charge in [0.05, 0.1) is 10.9 Å². The van der Waals surface area contributed by atoms with Crippen LogP contribution in [-0.2, 0) is 17.1 Å². The Labute approximate surface area is 162 Å². The van der Waals surface area contributed by atoms with Gasteiger partial charge in [0.25, 0.3) is 0 Å². The summed E-state index contributed by atoms with van der Waals surface area (Å²) in [6.45, 7) is 9.37. The molecular formula is C18H27ClN4O2S. The van der Waals surface area contributed by atoms with Crippen LogP contribution in [0.15, 0.2) is 23.4 Å². The van der Waals surface area contributed by atoms with Crippen LogP contribution in [0.2, 0.25) is 0 Å². The van der Waals surface area contributed by atoms with E-state index in [-0.39, 0.29) is 18.4 Å². The predicted octanol–water partition coefficient (Wildman–Crippen LogP) is 2.41. The Morgan fingerprint density at radius 2 is 1.77 bits per heavy atom. The van der Waals surface area contributed by atoms with Crippen LogP contribution < -0.4 is 5.32 Å². The van der Waals surface area contributed by atoms with Crippen molar-refractivity contribution in [1.82, 2.24) is 19.2 Å². The lowest BCUT2D eigenvalue weighted by molar-refractivity contribution is 0.258. The Kier molecular flexibility index (Phi) is 6.17.